The highest BCUT2D eigenvalue weighted by Gasteiger charge is 2.18. The number of carbonyl (C=O) groups excluding carboxylic acids is 2. The fraction of sp³-hybridized carbons (Fsp3) is 0.263. The van der Waals surface area contributed by atoms with E-state index in [0.717, 1.165) is 0 Å². The third-order valence-corrected chi connectivity index (χ3v) is 3.73. The van der Waals surface area contributed by atoms with Crippen LogP contribution in [-0.2, 0) is 4.79 Å². The predicted octanol–water partition coefficient (Wildman–Crippen LogP) is 3.07. The van der Waals surface area contributed by atoms with Crippen LogP contribution in [0.15, 0.2) is 42.5 Å². The van der Waals surface area contributed by atoms with Gasteiger partial charge in [-0.3, -0.25) is 9.59 Å². The van der Waals surface area contributed by atoms with E-state index in [1.165, 1.54) is 6.92 Å². The highest BCUT2D eigenvalue weighted by Crippen LogP contribution is 2.33. The zero-order valence-corrected chi connectivity index (χ0v) is 14.1. The van der Waals surface area contributed by atoms with E-state index >= 15 is 0 Å². The second-order valence-corrected chi connectivity index (χ2v) is 5.69. The van der Waals surface area contributed by atoms with E-state index in [1.807, 2.05) is 0 Å². The highest BCUT2D eigenvalue weighted by atomic mass is 16.6. The first-order valence-corrected chi connectivity index (χ1v) is 8.01. The average molecular weight is 341 g/mol. The van der Waals surface area contributed by atoms with Crippen LogP contribution < -0.4 is 19.5 Å². The van der Waals surface area contributed by atoms with Crippen LogP contribution in [0.3, 0.4) is 0 Å². The molecule has 1 unspecified atom stereocenters. The molecule has 2 aromatic rings. The summed E-state index contributed by atoms with van der Waals surface area (Å²) in [6.07, 6.45) is -0.719. The molecule has 3 rings (SSSR count). The molecule has 6 heteroatoms. The summed E-state index contributed by atoms with van der Waals surface area (Å²) in [5.74, 6) is 1.42. The molecule has 0 aromatic heterocycles. The van der Waals surface area contributed by atoms with Crippen molar-refractivity contribution in [2.75, 3.05) is 18.5 Å². The van der Waals surface area contributed by atoms with Gasteiger partial charge in [0.2, 0.25) is 0 Å². The molecule has 6 nitrogen and oxygen atoms in total. The lowest BCUT2D eigenvalue weighted by atomic mass is 10.1. The maximum Gasteiger partial charge on any atom is 0.265 e. The van der Waals surface area contributed by atoms with Crippen molar-refractivity contribution in [2.24, 2.45) is 0 Å². The van der Waals surface area contributed by atoms with E-state index in [-0.39, 0.29) is 11.7 Å². The van der Waals surface area contributed by atoms with Crippen LogP contribution in [0.4, 0.5) is 5.69 Å². The van der Waals surface area contributed by atoms with E-state index in [4.69, 9.17) is 14.2 Å². The van der Waals surface area contributed by atoms with Gasteiger partial charge >= 0.3 is 0 Å². The standard InChI is InChI=1S/C19H19NO5/c1-12(21)14-4-3-5-15(10-14)20-19(22)13(2)25-16-6-7-17-18(11-16)24-9-8-23-17/h3-7,10-11,13H,8-9H2,1-2H3,(H,20,22). The molecule has 1 heterocycles. The van der Waals surface area contributed by atoms with Gasteiger partial charge in [0.05, 0.1) is 0 Å². The van der Waals surface area contributed by atoms with Crippen LogP contribution in [0.5, 0.6) is 17.2 Å². The van der Waals surface area contributed by atoms with Gasteiger partial charge in [0, 0.05) is 17.3 Å². The van der Waals surface area contributed by atoms with Crippen molar-refractivity contribution >= 4 is 17.4 Å². The highest BCUT2D eigenvalue weighted by molar-refractivity contribution is 5.98. The van der Waals surface area contributed by atoms with Gasteiger partial charge in [0.25, 0.3) is 5.91 Å². The summed E-state index contributed by atoms with van der Waals surface area (Å²) in [6.45, 7) is 4.14. The van der Waals surface area contributed by atoms with Crippen molar-refractivity contribution in [3.63, 3.8) is 0 Å². The quantitative estimate of drug-likeness (QED) is 0.846. The van der Waals surface area contributed by atoms with Gasteiger partial charge in [-0.25, -0.2) is 0 Å². The maximum atomic E-state index is 12.3. The molecule has 0 radical (unpaired) electrons. The Morgan fingerprint density at radius 1 is 1.08 bits per heavy atom. The number of rotatable bonds is 5. The lowest BCUT2D eigenvalue weighted by Gasteiger charge is -2.20. The first-order chi connectivity index (χ1) is 12.0. The van der Waals surface area contributed by atoms with Gasteiger partial charge in [-0.2, -0.15) is 0 Å². The van der Waals surface area contributed by atoms with Crippen molar-refractivity contribution in [3.05, 3.63) is 48.0 Å². The number of ether oxygens (including phenoxy) is 3. The van der Waals surface area contributed by atoms with Crippen molar-refractivity contribution < 1.29 is 23.8 Å². The van der Waals surface area contributed by atoms with Gasteiger partial charge in [-0.15, -0.1) is 0 Å². The minimum absolute atomic E-state index is 0.0586. The van der Waals surface area contributed by atoms with E-state index in [9.17, 15) is 9.59 Å². The molecule has 130 valence electrons. The average Bonchev–Trinajstić information content (AvgIpc) is 2.61. The molecule has 1 atom stereocenters. The zero-order chi connectivity index (χ0) is 17.8. The maximum absolute atomic E-state index is 12.3. The van der Waals surface area contributed by atoms with Crippen molar-refractivity contribution in [3.8, 4) is 17.2 Å². The summed E-state index contributed by atoms with van der Waals surface area (Å²) in [5, 5.41) is 2.75. The summed E-state index contributed by atoms with van der Waals surface area (Å²) in [7, 11) is 0. The molecule has 0 fully saturated rings. The van der Waals surface area contributed by atoms with E-state index in [2.05, 4.69) is 5.32 Å². The third-order valence-electron chi connectivity index (χ3n) is 3.73. The Hall–Kier alpha value is -3.02. The number of anilines is 1. The summed E-state index contributed by atoms with van der Waals surface area (Å²) >= 11 is 0. The van der Waals surface area contributed by atoms with Gasteiger partial charge < -0.3 is 19.5 Å². The van der Waals surface area contributed by atoms with Crippen LogP contribution in [0, 0.1) is 0 Å². The van der Waals surface area contributed by atoms with Gasteiger partial charge in [-0.1, -0.05) is 12.1 Å². The summed E-state index contributed by atoms with van der Waals surface area (Å²) in [5.41, 5.74) is 1.09. The number of hydrogen-bond donors (Lipinski definition) is 1. The van der Waals surface area contributed by atoms with Gasteiger partial charge in [0.1, 0.15) is 19.0 Å². The Balaban J connectivity index is 1.64. The third kappa shape index (κ3) is 4.09. The molecule has 0 saturated carbocycles. The molecule has 25 heavy (non-hydrogen) atoms. The minimum Gasteiger partial charge on any atom is -0.486 e. The fourth-order valence-electron chi connectivity index (χ4n) is 2.41. The summed E-state index contributed by atoms with van der Waals surface area (Å²) in [4.78, 5) is 23.7. The second-order valence-electron chi connectivity index (χ2n) is 5.69. The van der Waals surface area contributed by atoms with Crippen molar-refractivity contribution in [2.45, 2.75) is 20.0 Å². The summed E-state index contributed by atoms with van der Waals surface area (Å²) in [6, 6.07) is 12.0. The van der Waals surface area contributed by atoms with Crippen LogP contribution in [0.1, 0.15) is 24.2 Å². The van der Waals surface area contributed by atoms with Crippen LogP contribution in [0.25, 0.3) is 0 Å². The van der Waals surface area contributed by atoms with Gasteiger partial charge in [0.15, 0.2) is 23.4 Å². The van der Waals surface area contributed by atoms with E-state index in [1.54, 1.807) is 49.4 Å². The Labute approximate surface area is 145 Å². The Morgan fingerprint density at radius 3 is 2.60 bits per heavy atom. The molecule has 2 aromatic carbocycles. The number of benzene rings is 2. The first-order valence-electron chi connectivity index (χ1n) is 8.01. The van der Waals surface area contributed by atoms with Gasteiger partial charge in [-0.05, 0) is 38.1 Å². The van der Waals surface area contributed by atoms with Crippen LogP contribution >= 0.6 is 0 Å². The number of hydrogen-bond acceptors (Lipinski definition) is 5. The molecule has 0 saturated heterocycles. The number of nitrogens with one attached hydrogen (secondary N) is 1. The van der Waals surface area contributed by atoms with E-state index < -0.39 is 6.10 Å². The molecular weight excluding hydrogens is 322 g/mol. The molecule has 0 aliphatic carbocycles. The Morgan fingerprint density at radius 2 is 1.84 bits per heavy atom. The largest absolute Gasteiger partial charge is 0.486 e. The normalized spacial score (nSPS) is 13.7. The number of fused-ring (bicyclic) bond motifs is 1. The lowest BCUT2D eigenvalue weighted by molar-refractivity contribution is -0.122. The number of amides is 1. The molecule has 1 aliphatic rings. The molecule has 0 bridgehead atoms. The number of Topliss-reactive ketones (excluding diaryl/α,β-unsaturated/α-hetero) is 1. The van der Waals surface area contributed by atoms with Crippen molar-refractivity contribution in [1.82, 2.24) is 0 Å². The van der Waals surface area contributed by atoms with Crippen LogP contribution in [0.2, 0.25) is 0 Å². The molecule has 1 N–H and O–H groups in total. The SMILES string of the molecule is CC(=O)c1cccc(NC(=O)C(C)Oc2ccc3c(c2)OCCO3)c1. The van der Waals surface area contributed by atoms with Crippen molar-refractivity contribution in [1.29, 1.82) is 0 Å². The summed E-state index contributed by atoms with van der Waals surface area (Å²) < 4.78 is 16.6. The second kappa shape index (κ2) is 7.25. The molecular formula is C19H19NO5. The topological polar surface area (TPSA) is 73.9 Å². The molecule has 1 amide bonds. The van der Waals surface area contributed by atoms with Crippen LogP contribution in [-0.4, -0.2) is 31.0 Å². The predicted molar refractivity (Wildman–Crippen MR) is 92.6 cm³/mol. The minimum atomic E-state index is -0.719. The number of ketones is 1. The fourth-order valence-corrected chi connectivity index (χ4v) is 2.41. The first kappa shape index (κ1) is 16.8. The Kier molecular flexibility index (Phi) is 4.88. The zero-order valence-electron chi connectivity index (χ0n) is 14.1. The molecule has 0 spiro atoms. The Bertz CT molecular complexity index is 802. The monoisotopic (exact) mass is 341 g/mol. The number of carbonyl (C=O) groups is 2. The smallest absolute Gasteiger partial charge is 0.265 e. The molecule has 1 aliphatic heterocycles. The lowest BCUT2D eigenvalue weighted by Crippen LogP contribution is -2.30. The van der Waals surface area contributed by atoms with E-state index in [0.29, 0.717) is 41.7 Å².